The van der Waals surface area contributed by atoms with Gasteiger partial charge in [0.25, 0.3) is 23.2 Å². The van der Waals surface area contributed by atoms with Crippen molar-refractivity contribution >= 4 is 34.8 Å². The number of rotatable bonds is 8. The third kappa shape index (κ3) is 6.98. The van der Waals surface area contributed by atoms with Gasteiger partial charge in [-0.15, -0.1) is 0 Å². The number of hydrogen-bond acceptors (Lipinski definition) is 8. The van der Waals surface area contributed by atoms with Crippen molar-refractivity contribution in [3.05, 3.63) is 73.8 Å². The fourth-order valence-electron chi connectivity index (χ4n) is 2.39. The smallest absolute Gasteiger partial charge is 0.418 e. The Morgan fingerprint density at radius 3 is 2.21 bits per heavy atom. The first kappa shape index (κ1) is 24.7. The molecule has 0 saturated carbocycles. The number of hydrogen-bond donors (Lipinski definition) is 2. The van der Waals surface area contributed by atoms with Gasteiger partial charge in [-0.1, -0.05) is 6.07 Å². The SMILES string of the molecule is O=C(COC(=O)CNC(=O)c1cccc([N+](=O)[O-])c1)Nc1ccc([N+](=O)[O-])cc1C(F)(F)F. The van der Waals surface area contributed by atoms with E-state index in [1.54, 1.807) is 0 Å². The molecule has 0 fully saturated rings. The Bertz CT molecular complexity index is 1120. The summed E-state index contributed by atoms with van der Waals surface area (Å²) in [6.45, 7) is -1.75. The molecule has 2 rings (SSSR count). The van der Waals surface area contributed by atoms with Gasteiger partial charge in [-0.05, 0) is 12.1 Å². The Kier molecular flexibility index (Phi) is 7.61. The van der Waals surface area contributed by atoms with Crippen molar-refractivity contribution in [2.75, 3.05) is 18.5 Å². The molecule has 2 aromatic rings. The molecular formula is C18H13F3N4O8. The second-order valence-corrected chi connectivity index (χ2v) is 6.18. The molecule has 0 bridgehead atoms. The minimum absolute atomic E-state index is 0.118. The molecule has 2 aromatic carbocycles. The summed E-state index contributed by atoms with van der Waals surface area (Å²) in [5, 5.41) is 25.3. The van der Waals surface area contributed by atoms with Crippen LogP contribution in [-0.2, 0) is 20.5 Å². The van der Waals surface area contributed by atoms with Crippen molar-refractivity contribution in [3.63, 3.8) is 0 Å². The van der Waals surface area contributed by atoms with Gasteiger partial charge in [0.15, 0.2) is 6.61 Å². The summed E-state index contributed by atoms with van der Waals surface area (Å²) < 4.78 is 43.9. The fourth-order valence-corrected chi connectivity index (χ4v) is 2.39. The van der Waals surface area contributed by atoms with Gasteiger partial charge < -0.3 is 15.4 Å². The summed E-state index contributed by atoms with van der Waals surface area (Å²) in [6, 6.07) is 6.30. The lowest BCUT2D eigenvalue weighted by Crippen LogP contribution is -2.32. The standard InChI is InChI=1S/C18H13F3N4O8/c19-18(20,21)13-7-12(25(31)32)4-5-14(13)23-15(26)9-33-16(27)8-22-17(28)10-2-1-3-11(6-10)24(29)30/h1-7H,8-9H2,(H,22,28)(H,23,26). The van der Waals surface area contributed by atoms with Crippen LogP contribution in [0.4, 0.5) is 30.2 Å². The number of amides is 2. The molecule has 2 N–H and O–H groups in total. The van der Waals surface area contributed by atoms with Crippen molar-refractivity contribution < 1.29 is 42.1 Å². The third-order valence-corrected chi connectivity index (χ3v) is 3.87. The minimum atomic E-state index is -5.01. The van der Waals surface area contributed by atoms with Gasteiger partial charge in [0.05, 0.1) is 21.1 Å². The highest BCUT2D eigenvalue weighted by molar-refractivity contribution is 5.97. The van der Waals surface area contributed by atoms with Gasteiger partial charge in [0.2, 0.25) is 0 Å². The molecule has 33 heavy (non-hydrogen) atoms. The van der Waals surface area contributed by atoms with Crippen LogP contribution in [0.5, 0.6) is 0 Å². The summed E-state index contributed by atoms with van der Waals surface area (Å²) in [4.78, 5) is 55.1. The van der Waals surface area contributed by atoms with Gasteiger partial charge in [0.1, 0.15) is 6.54 Å². The van der Waals surface area contributed by atoms with E-state index in [0.717, 1.165) is 18.2 Å². The van der Waals surface area contributed by atoms with E-state index >= 15 is 0 Å². The molecule has 0 spiro atoms. The van der Waals surface area contributed by atoms with E-state index < -0.39 is 63.9 Å². The summed E-state index contributed by atoms with van der Waals surface area (Å²) in [7, 11) is 0. The van der Waals surface area contributed by atoms with Crippen molar-refractivity contribution in [1.29, 1.82) is 0 Å². The normalized spacial score (nSPS) is 10.8. The maximum absolute atomic E-state index is 13.1. The van der Waals surface area contributed by atoms with E-state index in [2.05, 4.69) is 10.1 Å². The van der Waals surface area contributed by atoms with E-state index in [4.69, 9.17) is 0 Å². The highest BCUT2D eigenvalue weighted by Gasteiger charge is 2.35. The van der Waals surface area contributed by atoms with Crippen LogP contribution < -0.4 is 10.6 Å². The Balaban J connectivity index is 1.91. The maximum Gasteiger partial charge on any atom is 0.418 e. The molecular weight excluding hydrogens is 457 g/mol. The van der Waals surface area contributed by atoms with Crippen LogP contribution >= 0.6 is 0 Å². The van der Waals surface area contributed by atoms with Crippen LogP contribution in [0.1, 0.15) is 15.9 Å². The zero-order valence-corrected chi connectivity index (χ0v) is 16.2. The lowest BCUT2D eigenvalue weighted by molar-refractivity contribution is -0.385. The molecule has 0 aliphatic carbocycles. The zero-order valence-electron chi connectivity index (χ0n) is 16.2. The molecule has 0 radical (unpaired) electrons. The van der Waals surface area contributed by atoms with Crippen molar-refractivity contribution in [1.82, 2.24) is 5.32 Å². The number of non-ortho nitro benzene ring substituents is 2. The number of alkyl halides is 3. The van der Waals surface area contributed by atoms with Crippen LogP contribution in [0.25, 0.3) is 0 Å². The summed E-state index contributed by atoms with van der Waals surface area (Å²) >= 11 is 0. The molecule has 0 aromatic heterocycles. The highest BCUT2D eigenvalue weighted by atomic mass is 19.4. The number of nitrogens with zero attached hydrogens (tertiary/aromatic N) is 2. The lowest BCUT2D eigenvalue weighted by atomic mass is 10.1. The molecule has 0 unspecified atom stereocenters. The van der Waals surface area contributed by atoms with Gasteiger partial charge >= 0.3 is 12.1 Å². The minimum Gasteiger partial charge on any atom is -0.454 e. The number of esters is 1. The van der Waals surface area contributed by atoms with Gasteiger partial charge in [0, 0.05) is 29.8 Å². The average molecular weight is 470 g/mol. The van der Waals surface area contributed by atoms with E-state index in [9.17, 15) is 47.8 Å². The van der Waals surface area contributed by atoms with E-state index in [0.29, 0.717) is 6.07 Å². The Morgan fingerprint density at radius 1 is 0.970 bits per heavy atom. The first-order valence-electron chi connectivity index (χ1n) is 8.72. The zero-order chi connectivity index (χ0) is 24.8. The average Bonchev–Trinajstić information content (AvgIpc) is 2.75. The van der Waals surface area contributed by atoms with E-state index in [-0.39, 0.29) is 17.3 Å². The summed E-state index contributed by atoms with van der Waals surface area (Å²) in [5.41, 5.74) is -3.57. The van der Waals surface area contributed by atoms with Crippen molar-refractivity contribution in [2.24, 2.45) is 0 Å². The molecule has 0 aliphatic heterocycles. The lowest BCUT2D eigenvalue weighted by Gasteiger charge is -2.13. The van der Waals surface area contributed by atoms with Crippen LogP contribution in [-0.4, -0.2) is 40.8 Å². The Morgan fingerprint density at radius 2 is 1.61 bits per heavy atom. The van der Waals surface area contributed by atoms with Gasteiger partial charge in [-0.25, -0.2) is 0 Å². The second-order valence-electron chi connectivity index (χ2n) is 6.18. The number of benzene rings is 2. The predicted molar refractivity (Wildman–Crippen MR) is 103 cm³/mol. The number of nitrogens with one attached hydrogen (secondary N) is 2. The molecule has 15 heteroatoms. The molecule has 0 heterocycles. The Labute approximate surface area is 181 Å². The summed E-state index contributed by atoms with van der Waals surface area (Å²) in [6.07, 6.45) is -5.01. The maximum atomic E-state index is 13.1. The molecule has 0 atom stereocenters. The highest BCUT2D eigenvalue weighted by Crippen LogP contribution is 2.37. The molecule has 174 valence electrons. The second kappa shape index (κ2) is 10.2. The number of halogens is 3. The molecule has 2 amide bonds. The number of nitro benzene ring substituents is 2. The van der Waals surface area contributed by atoms with Crippen molar-refractivity contribution in [2.45, 2.75) is 6.18 Å². The van der Waals surface area contributed by atoms with Gasteiger partial charge in [-0.2, -0.15) is 13.2 Å². The number of nitro groups is 2. The number of anilines is 1. The number of carbonyl (C=O) groups excluding carboxylic acids is 3. The predicted octanol–water partition coefficient (Wildman–Crippen LogP) is 2.43. The third-order valence-electron chi connectivity index (χ3n) is 3.87. The van der Waals surface area contributed by atoms with Crippen LogP contribution in [0.3, 0.4) is 0 Å². The number of carbonyl (C=O) groups is 3. The largest absolute Gasteiger partial charge is 0.454 e. The van der Waals surface area contributed by atoms with Crippen LogP contribution in [0.2, 0.25) is 0 Å². The van der Waals surface area contributed by atoms with E-state index in [1.165, 1.54) is 12.1 Å². The van der Waals surface area contributed by atoms with Crippen LogP contribution in [0, 0.1) is 20.2 Å². The topological polar surface area (TPSA) is 171 Å². The quantitative estimate of drug-likeness (QED) is 0.336. The van der Waals surface area contributed by atoms with Crippen molar-refractivity contribution in [3.8, 4) is 0 Å². The Hall–Kier alpha value is -4.56. The monoisotopic (exact) mass is 470 g/mol. The van der Waals surface area contributed by atoms with Gasteiger partial charge in [-0.3, -0.25) is 34.6 Å². The molecule has 12 nitrogen and oxygen atoms in total. The fraction of sp³-hybridized carbons (Fsp3) is 0.167. The first-order chi connectivity index (χ1) is 15.4. The number of ether oxygens (including phenoxy) is 1. The molecule has 0 saturated heterocycles. The van der Waals surface area contributed by atoms with E-state index in [1.807, 2.05) is 5.32 Å². The summed E-state index contributed by atoms with van der Waals surface area (Å²) in [5.74, 6) is -3.14. The first-order valence-corrected chi connectivity index (χ1v) is 8.72. The molecule has 0 aliphatic rings. The van der Waals surface area contributed by atoms with Crippen LogP contribution in [0.15, 0.2) is 42.5 Å².